The minimum atomic E-state index is 0.324. The molecule has 6 nitrogen and oxygen atoms in total. The number of oxime groups is 1. The van der Waals surface area contributed by atoms with E-state index in [2.05, 4.69) is 22.2 Å². The van der Waals surface area contributed by atoms with E-state index in [-0.39, 0.29) is 0 Å². The number of hydrogen-bond donors (Lipinski definition) is 1. The Labute approximate surface area is 165 Å². The van der Waals surface area contributed by atoms with Crippen molar-refractivity contribution in [2.45, 2.75) is 32.4 Å². The summed E-state index contributed by atoms with van der Waals surface area (Å²) < 4.78 is 11.1. The van der Waals surface area contributed by atoms with Crippen molar-refractivity contribution in [1.29, 1.82) is 0 Å². The van der Waals surface area contributed by atoms with E-state index in [4.69, 9.17) is 20.0 Å². The number of amidine groups is 1. The third-order valence-electron chi connectivity index (χ3n) is 5.08. The van der Waals surface area contributed by atoms with Gasteiger partial charge in [-0.15, -0.1) is 0 Å². The third kappa shape index (κ3) is 4.75. The number of hydrogen-bond acceptors (Lipinski definition) is 5. The van der Waals surface area contributed by atoms with Crippen molar-refractivity contribution in [3.63, 3.8) is 0 Å². The van der Waals surface area contributed by atoms with Gasteiger partial charge in [-0.1, -0.05) is 35.8 Å². The number of piperidine rings is 1. The second-order valence-corrected chi connectivity index (χ2v) is 7.27. The Morgan fingerprint density at radius 3 is 2.64 bits per heavy atom. The molecule has 2 aromatic rings. The van der Waals surface area contributed by atoms with Gasteiger partial charge in [-0.25, -0.2) is 0 Å². The zero-order chi connectivity index (χ0) is 19.2. The summed E-state index contributed by atoms with van der Waals surface area (Å²) in [7, 11) is 0. The molecule has 148 valence electrons. The molecule has 2 N–H and O–H groups in total. The molecule has 1 saturated heterocycles. The molecule has 0 saturated carbocycles. The number of ether oxygens (including phenoxy) is 2. The Morgan fingerprint density at radius 1 is 0.964 bits per heavy atom. The van der Waals surface area contributed by atoms with Crippen LogP contribution in [0.3, 0.4) is 0 Å². The Morgan fingerprint density at radius 2 is 1.79 bits per heavy atom. The lowest BCUT2D eigenvalue weighted by Crippen LogP contribution is -2.29. The molecule has 0 aromatic heterocycles. The Balaban J connectivity index is 1.35. The minimum absolute atomic E-state index is 0.324. The van der Waals surface area contributed by atoms with Gasteiger partial charge in [0.25, 0.3) is 0 Å². The van der Waals surface area contributed by atoms with E-state index in [1.165, 1.54) is 37.9 Å². The molecule has 2 aliphatic heterocycles. The molecule has 2 heterocycles. The van der Waals surface area contributed by atoms with Crippen molar-refractivity contribution in [2.24, 2.45) is 10.9 Å². The van der Waals surface area contributed by atoms with Gasteiger partial charge in [-0.3, -0.25) is 4.90 Å². The summed E-state index contributed by atoms with van der Waals surface area (Å²) in [6.07, 6.45) is 3.92. The van der Waals surface area contributed by atoms with E-state index in [1.54, 1.807) is 0 Å². The van der Waals surface area contributed by atoms with Crippen molar-refractivity contribution >= 4 is 5.84 Å². The van der Waals surface area contributed by atoms with Crippen molar-refractivity contribution in [3.8, 4) is 11.5 Å². The number of fused-ring (bicyclic) bond motifs is 1. The molecule has 0 spiro atoms. The number of benzene rings is 2. The van der Waals surface area contributed by atoms with E-state index < -0.39 is 0 Å². The minimum Gasteiger partial charge on any atom is -0.486 e. The van der Waals surface area contributed by atoms with Gasteiger partial charge in [0.15, 0.2) is 17.3 Å². The van der Waals surface area contributed by atoms with Crippen LogP contribution in [0.1, 0.15) is 36.0 Å². The average molecular weight is 381 g/mol. The summed E-state index contributed by atoms with van der Waals surface area (Å²) in [5, 5.41) is 4.10. The van der Waals surface area contributed by atoms with Gasteiger partial charge < -0.3 is 20.0 Å². The fraction of sp³-hybridized carbons (Fsp3) is 0.409. The average Bonchev–Trinajstić information content (AvgIpc) is 2.74. The lowest BCUT2D eigenvalue weighted by Gasteiger charge is -2.26. The van der Waals surface area contributed by atoms with Crippen LogP contribution in [0.15, 0.2) is 47.6 Å². The summed E-state index contributed by atoms with van der Waals surface area (Å²) >= 11 is 0. The van der Waals surface area contributed by atoms with Gasteiger partial charge in [0.1, 0.15) is 19.8 Å². The fourth-order valence-corrected chi connectivity index (χ4v) is 3.61. The molecule has 0 unspecified atom stereocenters. The maximum atomic E-state index is 6.14. The molecule has 2 aromatic carbocycles. The molecule has 0 bridgehead atoms. The van der Waals surface area contributed by atoms with Gasteiger partial charge in [0, 0.05) is 12.1 Å². The lowest BCUT2D eigenvalue weighted by atomic mass is 10.1. The molecule has 1 fully saturated rings. The van der Waals surface area contributed by atoms with Crippen LogP contribution in [0, 0.1) is 0 Å². The molecule has 4 rings (SSSR count). The van der Waals surface area contributed by atoms with Gasteiger partial charge in [0.05, 0.1) is 0 Å². The summed E-state index contributed by atoms with van der Waals surface area (Å²) in [6.45, 7) is 4.78. The maximum absolute atomic E-state index is 6.14. The number of nitrogens with zero attached hydrogens (tertiary/aromatic N) is 2. The van der Waals surface area contributed by atoms with Gasteiger partial charge in [-0.2, -0.15) is 0 Å². The molecule has 0 aliphatic carbocycles. The zero-order valence-electron chi connectivity index (χ0n) is 16.1. The van der Waals surface area contributed by atoms with E-state index in [0.717, 1.165) is 29.2 Å². The highest BCUT2D eigenvalue weighted by Gasteiger charge is 2.12. The number of nitrogens with two attached hydrogens (primary N) is 1. The number of likely N-dealkylation sites (tertiary alicyclic amines) is 1. The molecule has 6 heteroatoms. The predicted octanol–water partition coefficient (Wildman–Crippen LogP) is 3.28. The first kappa shape index (κ1) is 18.6. The highest BCUT2D eigenvalue weighted by Crippen LogP contribution is 2.30. The van der Waals surface area contributed by atoms with Crippen molar-refractivity contribution in [2.75, 3.05) is 26.3 Å². The standard InChI is InChI=1S/C22H27N3O3/c23-22(19-6-4-5-17(13-19)15-25-9-2-1-3-10-25)24-28-16-18-7-8-20-21(14-18)27-12-11-26-20/h4-8,13-14H,1-3,9-12,15-16H2,(H2,23,24). The highest BCUT2D eigenvalue weighted by atomic mass is 16.6. The smallest absolute Gasteiger partial charge is 0.170 e. The van der Waals surface area contributed by atoms with E-state index in [9.17, 15) is 0 Å². The monoisotopic (exact) mass is 381 g/mol. The summed E-state index contributed by atoms with van der Waals surface area (Å²) in [4.78, 5) is 7.97. The maximum Gasteiger partial charge on any atom is 0.170 e. The summed E-state index contributed by atoms with van der Waals surface area (Å²) in [6, 6.07) is 14.0. The first-order chi connectivity index (χ1) is 13.8. The van der Waals surface area contributed by atoms with Crippen molar-refractivity contribution < 1.29 is 14.3 Å². The van der Waals surface area contributed by atoms with Crippen molar-refractivity contribution in [3.05, 3.63) is 59.2 Å². The van der Waals surface area contributed by atoms with Gasteiger partial charge >= 0.3 is 0 Å². The highest BCUT2D eigenvalue weighted by molar-refractivity contribution is 5.97. The van der Waals surface area contributed by atoms with E-state index >= 15 is 0 Å². The second-order valence-electron chi connectivity index (χ2n) is 7.27. The molecular weight excluding hydrogens is 354 g/mol. The van der Waals surface area contributed by atoms with Crippen LogP contribution in [-0.2, 0) is 18.0 Å². The zero-order valence-corrected chi connectivity index (χ0v) is 16.1. The summed E-state index contributed by atoms with van der Waals surface area (Å²) in [5.41, 5.74) is 9.24. The normalized spacial score (nSPS) is 17.4. The lowest BCUT2D eigenvalue weighted by molar-refractivity contribution is 0.129. The Hall–Kier alpha value is -2.73. The molecule has 0 atom stereocenters. The van der Waals surface area contributed by atoms with Crippen LogP contribution in [-0.4, -0.2) is 37.0 Å². The van der Waals surface area contributed by atoms with Crippen LogP contribution in [0.4, 0.5) is 0 Å². The van der Waals surface area contributed by atoms with E-state index in [0.29, 0.717) is 25.7 Å². The molecular formula is C22H27N3O3. The Kier molecular flexibility index (Phi) is 5.97. The molecule has 0 amide bonds. The quantitative estimate of drug-likeness (QED) is 0.472. The van der Waals surface area contributed by atoms with Crippen molar-refractivity contribution in [1.82, 2.24) is 4.90 Å². The van der Waals surface area contributed by atoms with Crippen LogP contribution in [0.5, 0.6) is 11.5 Å². The topological polar surface area (TPSA) is 69.3 Å². The largest absolute Gasteiger partial charge is 0.486 e. The van der Waals surface area contributed by atoms with Crippen LogP contribution in [0.25, 0.3) is 0 Å². The van der Waals surface area contributed by atoms with Crippen LogP contribution < -0.4 is 15.2 Å². The summed E-state index contributed by atoms with van der Waals surface area (Å²) in [5.74, 6) is 1.90. The third-order valence-corrected chi connectivity index (χ3v) is 5.08. The SMILES string of the molecule is N/C(=N/OCc1ccc2c(c1)OCCO2)c1cccc(CN2CCCCC2)c1. The van der Waals surface area contributed by atoms with Crippen LogP contribution >= 0.6 is 0 Å². The van der Waals surface area contributed by atoms with Crippen LogP contribution in [0.2, 0.25) is 0 Å². The molecule has 28 heavy (non-hydrogen) atoms. The first-order valence-corrected chi connectivity index (χ1v) is 9.93. The first-order valence-electron chi connectivity index (χ1n) is 9.93. The number of rotatable bonds is 6. The van der Waals surface area contributed by atoms with Gasteiger partial charge in [-0.05, 0) is 55.3 Å². The van der Waals surface area contributed by atoms with E-state index in [1.807, 2.05) is 30.3 Å². The fourth-order valence-electron chi connectivity index (χ4n) is 3.61. The Bertz CT molecular complexity index is 832. The predicted molar refractivity (Wildman–Crippen MR) is 109 cm³/mol. The second kappa shape index (κ2) is 8.97. The molecule has 2 aliphatic rings. The van der Waals surface area contributed by atoms with Gasteiger partial charge in [0.2, 0.25) is 0 Å². The molecule has 0 radical (unpaired) electrons.